The monoisotopic (exact) mass is 423 g/mol. The highest BCUT2D eigenvalue weighted by molar-refractivity contribution is 5.84. The maximum absolute atomic E-state index is 14.2. The quantitative estimate of drug-likeness (QED) is 0.633. The molecule has 1 aromatic heterocycles. The number of halogens is 1. The summed E-state index contributed by atoms with van der Waals surface area (Å²) in [5.74, 6) is 0.0942. The second-order valence-corrected chi connectivity index (χ2v) is 7.99. The van der Waals surface area contributed by atoms with E-state index in [-0.39, 0.29) is 30.4 Å². The maximum Gasteiger partial charge on any atom is 0.260 e. The van der Waals surface area contributed by atoms with Gasteiger partial charge in [-0.2, -0.15) is 0 Å². The van der Waals surface area contributed by atoms with Crippen LogP contribution in [0.3, 0.4) is 0 Å². The van der Waals surface area contributed by atoms with Crippen LogP contribution in [0.5, 0.6) is 5.75 Å². The third-order valence-corrected chi connectivity index (χ3v) is 5.80. The van der Waals surface area contributed by atoms with Crippen LogP contribution < -0.4 is 10.3 Å². The van der Waals surface area contributed by atoms with Crippen molar-refractivity contribution in [2.75, 3.05) is 39.8 Å². The van der Waals surface area contributed by atoms with E-state index in [9.17, 15) is 14.0 Å². The van der Waals surface area contributed by atoms with Gasteiger partial charge in [0.15, 0.2) is 6.61 Å². The molecule has 0 aliphatic carbocycles. The van der Waals surface area contributed by atoms with Crippen LogP contribution in [-0.4, -0.2) is 60.1 Å². The molecule has 31 heavy (non-hydrogen) atoms. The fraction of sp³-hybridized carbons (Fsp3) is 0.333. The molecule has 6 nitrogen and oxygen atoms in total. The van der Waals surface area contributed by atoms with E-state index in [1.165, 1.54) is 10.6 Å². The highest BCUT2D eigenvalue weighted by Gasteiger charge is 2.19. The number of benzene rings is 2. The van der Waals surface area contributed by atoms with Crippen LogP contribution in [0, 0.1) is 12.7 Å². The molecule has 1 amide bonds. The fourth-order valence-corrected chi connectivity index (χ4v) is 3.87. The standard InChI is InChI=1S/C24H26FN3O3/c1-17-13-23(29)28(15-18-5-3-4-6-21(18)25)22-14-19(7-8-20(17)22)31-16-24(30)27-11-9-26(2)10-12-27/h3-8,13-14H,9-12,15-16H2,1-2H3. The zero-order valence-corrected chi connectivity index (χ0v) is 17.8. The van der Waals surface area contributed by atoms with Crippen molar-refractivity contribution >= 4 is 16.8 Å². The summed E-state index contributed by atoms with van der Waals surface area (Å²) in [5.41, 5.74) is 1.72. The topological polar surface area (TPSA) is 54.8 Å². The summed E-state index contributed by atoms with van der Waals surface area (Å²) < 4.78 is 21.5. The van der Waals surface area contributed by atoms with Gasteiger partial charge in [0.25, 0.3) is 11.5 Å². The minimum atomic E-state index is -0.353. The Hall–Kier alpha value is -3.19. The number of amides is 1. The van der Waals surface area contributed by atoms with Crippen molar-refractivity contribution in [2.45, 2.75) is 13.5 Å². The molecule has 7 heteroatoms. The van der Waals surface area contributed by atoms with Gasteiger partial charge in [-0.05, 0) is 37.7 Å². The number of hydrogen-bond donors (Lipinski definition) is 0. The summed E-state index contributed by atoms with van der Waals surface area (Å²) >= 11 is 0. The Kier molecular flexibility index (Phi) is 6.04. The van der Waals surface area contributed by atoms with E-state index in [1.807, 2.05) is 20.0 Å². The van der Waals surface area contributed by atoms with Crippen molar-refractivity contribution < 1.29 is 13.9 Å². The van der Waals surface area contributed by atoms with Gasteiger partial charge in [-0.1, -0.05) is 18.2 Å². The number of nitrogens with zero attached hydrogens (tertiary/aromatic N) is 3. The molecular weight excluding hydrogens is 397 g/mol. The van der Waals surface area contributed by atoms with Crippen molar-refractivity contribution in [3.8, 4) is 5.75 Å². The number of aromatic nitrogens is 1. The number of aryl methyl sites for hydroxylation is 1. The van der Waals surface area contributed by atoms with Gasteiger partial charge in [-0.15, -0.1) is 0 Å². The van der Waals surface area contributed by atoms with Crippen LogP contribution >= 0.6 is 0 Å². The van der Waals surface area contributed by atoms with E-state index in [4.69, 9.17) is 4.74 Å². The Labute approximate surface area is 180 Å². The molecule has 1 fully saturated rings. The summed E-state index contributed by atoms with van der Waals surface area (Å²) in [6.07, 6.45) is 0. The lowest BCUT2D eigenvalue weighted by Crippen LogP contribution is -2.48. The van der Waals surface area contributed by atoms with Gasteiger partial charge in [0, 0.05) is 49.3 Å². The predicted molar refractivity (Wildman–Crippen MR) is 118 cm³/mol. The van der Waals surface area contributed by atoms with Gasteiger partial charge in [-0.25, -0.2) is 4.39 Å². The first kappa shape index (κ1) is 21.1. The molecular formula is C24H26FN3O3. The highest BCUT2D eigenvalue weighted by Crippen LogP contribution is 2.23. The van der Waals surface area contributed by atoms with Crippen LogP contribution in [0.15, 0.2) is 53.3 Å². The second-order valence-electron chi connectivity index (χ2n) is 7.99. The van der Waals surface area contributed by atoms with E-state index in [0.29, 0.717) is 29.9 Å². The van der Waals surface area contributed by atoms with Crippen molar-refractivity contribution in [1.82, 2.24) is 14.4 Å². The Morgan fingerprint density at radius 2 is 1.81 bits per heavy atom. The van der Waals surface area contributed by atoms with Gasteiger partial charge < -0.3 is 19.1 Å². The molecule has 1 aliphatic heterocycles. The summed E-state index contributed by atoms with van der Waals surface area (Å²) in [6, 6.07) is 13.4. The number of hydrogen-bond acceptors (Lipinski definition) is 4. The molecule has 0 atom stereocenters. The number of carbonyl (C=O) groups excluding carboxylic acids is 1. The lowest BCUT2D eigenvalue weighted by molar-refractivity contribution is -0.134. The molecule has 0 saturated carbocycles. The van der Waals surface area contributed by atoms with Gasteiger partial charge >= 0.3 is 0 Å². The zero-order valence-electron chi connectivity index (χ0n) is 17.8. The number of pyridine rings is 1. The average Bonchev–Trinajstić information content (AvgIpc) is 2.76. The van der Waals surface area contributed by atoms with Gasteiger partial charge in [-0.3, -0.25) is 9.59 Å². The van der Waals surface area contributed by atoms with Gasteiger partial charge in [0.1, 0.15) is 11.6 Å². The number of ether oxygens (including phenoxy) is 1. The molecule has 3 aromatic rings. The van der Waals surface area contributed by atoms with Crippen molar-refractivity contribution in [1.29, 1.82) is 0 Å². The first-order valence-corrected chi connectivity index (χ1v) is 10.4. The van der Waals surface area contributed by atoms with E-state index in [0.717, 1.165) is 24.0 Å². The summed E-state index contributed by atoms with van der Waals surface area (Å²) in [7, 11) is 2.04. The van der Waals surface area contributed by atoms with E-state index in [2.05, 4.69) is 4.90 Å². The molecule has 0 spiro atoms. The number of likely N-dealkylation sites (N-methyl/N-ethyl adjacent to an activating group) is 1. The largest absolute Gasteiger partial charge is 0.484 e. The normalized spacial score (nSPS) is 14.7. The Bertz CT molecular complexity index is 1170. The van der Waals surface area contributed by atoms with Crippen molar-refractivity contribution in [2.24, 2.45) is 0 Å². The SMILES string of the molecule is Cc1cc(=O)n(Cc2ccccc2F)c2cc(OCC(=O)N3CCN(C)CC3)ccc12. The third-order valence-electron chi connectivity index (χ3n) is 5.80. The average molecular weight is 423 g/mol. The predicted octanol–water partition coefficient (Wildman–Crippen LogP) is 2.65. The molecule has 162 valence electrons. The van der Waals surface area contributed by atoms with Crippen LogP contribution in [0.4, 0.5) is 4.39 Å². The molecule has 0 bridgehead atoms. The number of fused-ring (bicyclic) bond motifs is 1. The summed E-state index contributed by atoms with van der Waals surface area (Å²) in [5, 5.41) is 0.883. The Morgan fingerprint density at radius 3 is 2.55 bits per heavy atom. The minimum Gasteiger partial charge on any atom is -0.484 e. The van der Waals surface area contributed by atoms with Gasteiger partial charge in [0.05, 0.1) is 12.1 Å². The van der Waals surface area contributed by atoms with Crippen LogP contribution in [0.2, 0.25) is 0 Å². The molecule has 2 heterocycles. The summed E-state index contributed by atoms with van der Waals surface area (Å²) in [4.78, 5) is 29.2. The van der Waals surface area contributed by atoms with Crippen molar-refractivity contribution in [3.05, 3.63) is 75.8 Å². The second kappa shape index (κ2) is 8.89. The lowest BCUT2D eigenvalue weighted by Gasteiger charge is -2.32. The molecule has 0 radical (unpaired) electrons. The zero-order chi connectivity index (χ0) is 22.0. The number of piperazine rings is 1. The molecule has 1 saturated heterocycles. The number of rotatable bonds is 5. The van der Waals surface area contributed by atoms with E-state index >= 15 is 0 Å². The lowest BCUT2D eigenvalue weighted by atomic mass is 10.1. The fourth-order valence-electron chi connectivity index (χ4n) is 3.87. The maximum atomic E-state index is 14.2. The van der Waals surface area contributed by atoms with Crippen LogP contribution in [-0.2, 0) is 11.3 Å². The Morgan fingerprint density at radius 1 is 1.06 bits per heavy atom. The number of carbonyl (C=O) groups is 1. The minimum absolute atomic E-state index is 0.0545. The molecule has 0 unspecified atom stereocenters. The van der Waals surface area contributed by atoms with Crippen molar-refractivity contribution in [3.63, 3.8) is 0 Å². The molecule has 0 N–H and O–H groups in total. The van der Waals surface area contributed by atoms with E-state index < -0.39 is 0 Å². The van der Waals surface area contributed by atoms with Crippen LogP contribution in [0.25, 0.3) is 10.9 Å². The highest BCUT2D eigenvalue weighted by atomic mass is 19.1. The Balaban J connectivity index is 1.59. The molecule has 2 aromatic carbocycles. The summed E-state index contributed by atoms with van der Waals surface area (Å²) in [6.45, 7) is 5.02. The third kappa shape index (κ3) is 4.61. The first-order chi connectivity index (χ1) is 14.9. The van der Waals surface area contributed by atoms with Crippen LogP contribution in [0.1, 0.15) is 11.1 Å². The smallest absolute Gasteiger partial charge is 0.260 e. The van der Waals surface area contributed by atoms with E-state index in [1.54, 1.807) is 41.3 Å². The van der Waals surface area contributed by atoms with Gasteiger partial charge in [0.2, 0.25) is 0 Å². The molecule has 1 aliphatic rings. The first-order valence-electron chi connectivity index (χ1n) is 10.4. The molecule has 4 rings (SSSR count).